The van der Waals surface area contributed by atoms with Crippen molar-refractivity contribution in [1.29, 1.82) is 0 Å². The van der Waals surface area contributed by atoms with Crippen LogP contribution in [0.4, 0.5) is 0 Å². The summed E-state index contributed by atoms with van der Waals surface area (Å²) in [7, 11) is -2.38. The van der Waals surface area contributed by atoms with Crippen molar-refractivity contribution >= 4 is 23.8 Å². The van der Waals surface area contributed by atoms with Crippen LogP contribution < -0.4 is 15.6 Å². The van der Waals surface area contributed by atoms with Gasteiger partial charge in [0.1, 0.15) is 0 Å². The average molecular weight is 514 g/mol. The molecule has 0 radical (unpaired) electrons. The summed E-state index contributed by atoms with van der Waals surface area (Å²) < 4.78 is 2.94. The third-order valence-electron chi connectivity index (χ3n) is 7.81. The van der Waals surface area contributed by atoms with Gasteiger partial charge in [-0.25, -0.2) is 0 Å². The summed E-state index contributed by atoms with van der Waals surface area (Å²) in [6.07, 6.45) is 15.1. The molecule has 37 heavy (non-hydrogen) atoms. The molecule has 0 aliphatic carbocycles. The molecule has 0 aliphatic heterocycles. The van der Waals surface area contributed by atoms with Gasteiger partial charge in [0.15, 0.2) is 0 Å². The molecule has 0 heterocycles. The summed E-state index contributed by atoms with van der Waals surface area (Å²) >= 11 is 0. The molecule has 0 atom stereocenters. The Labute approximate surface area is 229 Å². The van der Waals surface area contributed by atoms with Crippen molar-refractivity contribution in [3.8, 4) is 0 Å². The molecule has 3 aromatic carbocycles. The average Bonchev–Trinajstić information content (AvgIpc) is 2.94. The van der Waals surface area contributed by atoms with Gasteiger partial charge in [0, 0.05) is 0 Å². The topological polar surface area (TPSA) is 3.24 Å². The van der Waals surface area contributed by atoms with Crippen molar-refractivity contribution in [2.24, 2.45) is 5.92 Å². The van der Waals surface area contributed by atoms with E-state index in [-0.39, 0.29) is 0 Å². The van der Waals surface area contributed by atoms with Crippen molar-refractivity contribution < 1.29 is 0 Å². The lowest BCUT2D eigenvalue weighted by atomic mass is 10.1. The van der Waals surface area contributed by atoms with Gasteiger partial charge in [0.2, 0.25) is 8.24 Å². The Morgan fingerprint density at radius 1 is 0.514 bits per heavy atom. The summed E-state index contributed by atoms with van der Waals surface area (Å²) in [5, 5.41) is 4.51. The Kier molecular flexibility index (Phi) is 13.2. The summed E-state index contributed by atoms with van der Waals surface area (Å²) in [5.74, 6) is 0.698. The van der Waals surface area contributed by atoms with E-state index in [1.54, 1.807) is 0 Å². The Hall–Kier alpha value is -2.16. The first-order valence-electron chi connectivity index (χ1n) is 15.1. The predicted molar refractivity (Wildman–Crippen MR) is 167 cm³/mol. The molecule has 1 nitrogen and oxygen atoms in total. The van der Waals surface area contributed by atoms with E-state index in [1.807, 2.05) is 0 Å². The van der Waals surface area contributed by atoms with Crippen molar-refractivity contribution in [3.63, 3.8) is 0 Å². The highest BCUT2D eigenvalue weighted by molar-refractivity contribution is 7.09. The van der Waals surface area contributed by atoms with Crippen LogP contribution in [-0.4, -0.2) is 25.9 Å². The summed E-state index contributed by atoms with van der Waals surface area (Å²) in [6.45, 7) is 9.37. The van der Waals surface area contributed by atoms with Gasteiger partial charge < -0.3 is 4.57 Å². The van der Waals surface area contributed by atoms with Gasteiger partial charge >= 0.3 is 0 Å². The van der Waals surface area contributed by atoms with Crippen LogP contribution >= 0.6 is 0 Å². The summed E-state index contributed by atoms with van der Waals surface area (Å²) in [5.41, 5.74) is 0. The molecule has 2 heteroatoms. The highest BCUT2D eigenvalue weighted by atomic mass is 28.3. The molecule has 3 rings (SSSR count). The van der Waals surface area contributed by atoms with E-state index in [0.29, 0.717) is 5.92 Å². The minimum Gasteiger partial charge on any atom is -0.313 e. The number of unbranched alkanes of at least 4 members (excludes halogenated alkanes) is 9. The van der Waals surface area contributed by atoms with Crippen LogP contribution in [0.2, 0.25) is 0 Å². The standard InChI is InChI=1S/C35H51NSi/c1-4-5-6-7-8-9-10-11-12-22-30-36(31-29-32(2)3)37(33-23-16-13-17-24-33,34-25-18-14-19-26-34)35-27-20-15-21-28-35/h13-21,23-28,32H,4-12,22,29-31H2,1-3H3. The molecule has 0 unspecified atom stereocenters. The van der Waals surface area contributed by atoms with E-state index >= 15 is 0 Å². The van der Waals surface area contributed by atoms with E-state index in [1.165, 1.54) is 92.7 Å². The lowest BCUT2D eigenvalue weighted by Crippen LogP contribution is -2.77. The normalized spacial score (nSPS) is 11.9. The zero-order valence-corrected chi connectivity index (χ0v) is 24.9. The number of hydrogen-bond acceptors (Lipinski definition) is 1. The zero-order chi connectivity index (χ0) is 26.2. The maximum absolute atomic E-state index is 2.94. The maximum Gasteiger partial charge on any atom is 0.224 e. The van der Waals surface area contributed by atoms with Crippen LogP contribution in [0.3, 0.4) is 0 Å². The van der Waals surface area contributed by atoms with Crippen LogP contribution in [0.1, 0.15) is 91.4 Å². The Morgan fingerprint density at radius 3 is 1.27 bits per heavy atom. The molecular weight excluding hydrogens is 462 g/mol. The van der Waals surface area contributed by atoms with Gasteiger partial charge in [-0.1, -0.05) is 170 Å². The van der Waals surface area contributed by atoms with Gasteiger partial charge in [-0.2, -0.15) is 0 Å². The lowest BCUT2D eigenvalue weighted by molar-refractivity contribution is 0.378. The second kappa shape index (κ2) is 16.6. The Balaban J connectivity index is 1.85. The smallest absolute Gasteiger partial charge is 0.224 e. The third-order valence-corrected chi connectivity index (χ3v) is 12.7. The molecule has 0 fully saturated rings. The van der Waals surface area contributed by atoms with Gasteiger partial charge in [-0.15, -0.1) is 0 Å². The van der Waals surface area contributed by atoms with Gasteiger partial charge in [0.05, 0.1) is 0 Å². The highest BCUT2D eigenvalue weighted by Crippen LogP contribution is 2.18. The van der Waals surface area contributed by atoms with E-state index in [2.05, 4.69) is 116 Å². The van der Waals surface area contributed by atoms with E-state index < -0.39 is 8.24 Å². The van der Waals surface area contributed by atoms with Crippen LogP contribution in [0.15, 0.2) is 91.0 Å². The van der Waals surface area contributed by atoms with Crippen molar-refractivity contribution in [2.45, 2.75) is 91.4 Å². The first-order chi connectivity index (χ1) is 18.2. The molecule has 0 spiro atoms. The quantitative estimate of drug-likeness (QED) is 0.0948. The largest absolute Gasteiger partial charge is 0.313 e. The molecule has 0 aliphatic rings. The molecule has 0 saturated carbocycles. The monoisotopic (exact) mass is 513 g/mol. The molecule has 200 valence electrons. The second-order valence-corrected chi connectivity index (χ2v) is 14.9. The lowest BCUT2D eigenvalue weighted by Gasteiger charge is -2.44. The Bertz CT molecular complexity index is 858. The second-order valence-electron chi connectivity index (χ2n) is 11.2. The molecular formula is C35H51NSi. The van der Waals surface area contributed by atoms with Crippen LogP contribution in [0.5, 0.6) is 0 Å². The molecule has 0 amide bonds. The fourth-order valence-electron chi connectivity index (χ4n) is 5.74. The minimum absolute atomic E-state index is 0.698. The predicted octanol–water partition coefficient (Wildman–Crippen LogP) is 7.92. The van der Waals surface area contributed by atoms with E-state index in [9.17, 15) is 0 Å². The summed E-state index contributed by atoms with van der Waals surface area (Å²) in [4.78, 5) is 0. The molecule has 0 saturated heterocycles. The van der Waals surface area contributed by atoms with Gasteiger partial charge in [0.25, 0.3) is 0 Å². The van der Waals surface area contributed by atoms with E-state index in [0.717, 1.165) is 6.54 Å². The fraction of sp³-hybridized carbons (Fsp3) is 0.486. The van der Waals surface area contributed by atoms with Crippen LogP contribution in [0.25, 0.3) is 0 Å². The maximum atomic E-state index is 2.94. The SMILES string of the molecule is CCCCCCCCCCCCN(CCC(C)C)[Si](c1ccccc1)(c1ccccc1)c1ccccc1. The Morgan fingerprint density at radius 2 is 0.892 bits per heavy atom. The van der Waals surface area contributed by atoms with Crippen molar-refractivity contribution in [3.05, 3.63) is 91.0 Å². The number of hydrogen-bond donors (Lipinski definition) is 0. The molecule has 0 bridgehead atoms. The fourth-order valence-corrected chi connectivity index (χ4v) is 10.8. The zero-order valence-electron chi connectivity index (χ0n) is 23.9. The third kappa shape index (κ3) is 8.69. The number of rotatable bonds is 18. The minimum atomic E-state index is -2.38. The number of nitrogens with zero attached hydrogens (tertiary/aromatic N) is 1. The van der Waals surface area contributed by atoms with Gasteiger partial charge in [-0.05, 0) is 47.4 Å². The highest BCUT2D eigenvalue weighted by Gasteiger charge is 2.44. The first kappa shape index (κ1) is 29.4. The molecule has 3 aromatic rings. The van der Waals surface area contributed by atoms with E-state index in [4.69, 9.17) is 0 Å². The number of benzene rings is 3. The van der Waals surface area contributed by atoms with Crippen molar-refractivity contribution in [2.75, 3.05) is 13.1 Å². The molecule has 0 N–H and O–H groups in total. The molecule has 0 aromatic heterocycles. The first-order valence-corrected chi connectivity index (χ1v) is 17.1. The van der Waals surface area contributed by atoms with Crippen LogP contribution in [-0.2, 0) is 0 Å². The summed E-state index contributed by atoms with van der Waals surface area (Å²) in [6, 6.07) is 34.3. The van der Waals surface area contributed by atoms with Gasteiger partial charge in [-0.3, -0.25) is 0 Å². The van der Waals surface area contributed by atoms with Crippen molar-refractivity contribution in [1.82, 2.24) is 4.57 Å². The van der Waals surface area contributed by atoms with Crippen LogP contribution in [0, 0.1) is 5.92 Å².